The maximum Gasteiger partial charge on any atom is 0.137 e. The van der Waals surface area contributed by atoms with E-state index >= 15 is 0 Å². The molecule has 0 spiro atoms. The topological polar surface area (TPSA) is 12.0 Å². The first-order valence-corrected chi connectivity index (χ1v) is 7.48. The maximum absolute atomic E-state index is 13.6. The number of nitrogens with one attached hydrogen (secondary N) is 1. The summed E-state index contributed by atoms with van der Waals surface area (Å²) < 4.78 is 14.1. The first kappa shape index (κ1) is 13.7. The van der Waals surface area contributed by atoms with Gasteiger partial charge in [-0.25, -0.2) is 4.39 Å². The summed E-state index contributed by atoms with van der Waals surface area (Å²) in [7, 11) is 1.90. The van der Waals surface area contributed by atoms with Crippen molar-refractivity contribution in [3.05, 3.63) is 55.9 Å². The molecule has 1 heterocycles. The van der Waals surface area contributed by atoms with Crippen LogP contribution in [-0.2, 0) is 6.42 Å². The third-order valence-corrected chi connectivity index (χ3v) is 5.03. The second-order valence-corrected chi connectivity index (χ2v) is 6.02. The fraction of sp³-hybridized carbons (Fsp3) is 0.286. The van der Waals surface area contributed by atoms with Gasteiger partial charge < -0.3 is 5.32 Å². The second-order valence-electron chi connectivity index (χ2n) is 4.02. The molecule has 0 amide bonds. The van der Waals surface area contributed by atoms with Crippen LogP contribution in [0, 0.1) is 5.82 Å². The number of rotatable bonds is 4. The largest absolute Gasteiger partial charge is 0.309 e. The van der Waals surface area contributed by atoms with Crippen LogP contribution < -0.4 is 5.32 Å². The van der Waals surface area contributed by atoms with Gasteiger partial charge in [-0.15, -0.1) is 11.3 Å². The number of halogens is 2. The third kappa shape index (κ3) is 2.66. The minimum atomic E-state index is -0.222. The lowest BCUT2D eigenvalue weighted by Gasteiger charge is -2.17. The molecule has 0 aliphatic heterocycles. The van der Waals surface area contributed by atoms with E-state index in [-0.39, 0.29) is 11.9 Å². The summed E-state index contributed by atoms with van der Waals surface area (Å²) in [6, 6.07) is 9.43. The van der Waals surface area contributed by atoms with E-state index in [1.165, 1.54) is 15.8 Å². The van der Waals surface area contributed by atoms with E-state index in [2.05, 4.69) is 40.3 Å². The summed E-state index contributed by atoms with van der Waals surface area (Å²) in [6.07, 6.45) is 1.03. The number of benzene rings is 1. The lowest BCUT2D eigenvalue weighted by atomic mass is 10.1. The van der Waals surface area contributed by atoms with E-state index in [9.17, 15) is 4.39 Å². The summed E-state index contributed by atoms with van der Waals surface area (Å²) in [5, 5.41) is 3.25. The summed E-state index contributed by atoms with van der Waals surface area (Å²) in [5.41, 5.74) is 0.932. The van der Waals surface area contributed by atoms with Gasteiger partial charge in [0.2, 0.25) is 0 Å². The van der Waals surface area contributed by atoms with Gasteiger partial charge in [0.15, 0.2) is 0 Å². The molecule has 1 atom stereocenters. The Balaban J connectivity index is 2.41. The number of hydrogen-bond donors (Lipinski definition) is 1. The Morgan fingerprint density at radius 3 is 2.72 bits per heavy atom. The van der Waals surface area contributed by atoms with E-state index in [1.807, 2.05) is 13.1 Å². The molecule has 0 aliphatic carbocycles. The molecule has 1 aromatic heterocycles. The Bertz CT molecular complexity index is 538. The first-order chi connectivity index (χ1) is 8.67. The molecule has 18 heavy (non-hydrogen) atoms. The quantitative estimate of drug-likeness (QED) is 0.870. The summed E-state index contributed by atoms with van der Waals surface area (Å²) in [4.78, 5) is 2.55. The third-order valence-electron chi connectivity index (χ3n) is 2.90. The van der Waals surface area contributed by atoms with Crippen molar-refractivity contribution in [2.75, 3.05) is 7.05 Å². The second kappa shape index (κ2) is 5.95. The molecule has 0 saturated carbocycles. The van der Waals surface area contributed by atoms with Gasteiger partial charge in [0.1, 0.15) is 5.82 Å². The Labute approximate surface area is 119 Å². The van der Waals surface area contributed by atoms with Gasteiger partial charge in [-0.05, 0) is 53.2 Å². The first-order valence-electron chi connectivity index (χ1n) is 5.87. The van der Waals surface area contributed by atoms with Crippen LogP contribution in [0.25, 0.3) is 0 Å². The maximum atomic E-state index is 13.6. The fourth-order valence-electron chi connectivity index (χ4n) is 1.93. The van der Waals surface area contributed by atoms with Crippen LogP contribution in [0.5, 0.6) is 0 Å². The van der Waals surface area contributed by atoms with Crippen molar-refractivity contribution in [2.45, 2.75) is 19.4 Å². The zero-order chi connectivity index (χ0) is 13.1. The standard InChI is InChI=1S/C14H15BrFNS/c1-3-9-7-8-12(18-9)14(17-2)10-5-4-6-11(16)13(10)15/h4-8,14,17H,3H2,1-2H3. The SMILES string of the molecule is CCc1ccc(C(NC)c2cccc(F)c2Br)s1. The highest BCUT2D eigenvalue weighted by atomic mass is 79.9. The van der Waals surface area contributed by atoms with Gasteiger partial charge in [0, 0.05) is 9.75 Å². The highest BCUT2D eigenvalue weighted by molar-refractivity contribution is 9.10. The van der Waals surface area contributed by atoms with Crippen molar-refractivity contribution < 1.29 is 4.39 Å². The Hall–Kier alpha value is -0.710. The zero-order valence-electron chi connectivity index (χ0n) is 10.3. The van der Waals surface area contributed by atoms with Crippen LogP contribution in [0.3, 0.4) is 0 Å². The molecule has 2 rings (SSSR count). The fourth-order valence-corrected chi connectivity index (χ4v) is 3.51. The Morgan fingerprint density at radius 2 is 2.11 bits per heavy atom. The Kier molecular flexibility index (Phi) is 4.54. The minimum absolute atomic E-state index is 0.0281. The van der Waals surface area contributed by atoms with Crippen LogP contribution in [0.1, 0.15) is 28.3 Å². The van der Waals surface area contributed by atoms with E-state index < -0.39 is 0 Å². The van der Waals surface area contributed by atoms with Gasteiger partial charge in [-0.1, -0.05) is 19.1 Å². The van der Waals surface area contributed by atoms with Crippen molar-refractivity contribution in [1.82, 2.24) is 5.32 Å². The van der Waals surface area contributed by atoms with E-state index in [1.54, 1.807) is 17.4 Å². The molecule has 0 bridgehead atoms. The minimum Gasteiger partial charge on any atom is -0.309 e. The van der Waals surface area contributed by atoms with Gasteiger partial charge in [0.05, 0.1) is 10.5 Å². The molecule has 1 unspecified atom stereocenters. The van der Waals surface area contributed by atoms with Gasteiger partial charge in [-0.3, -0.25) is 0 Å². The zero-order valence-corrected chi connectivity index (χ0v) is 12.7. The molecule has 0 fully saturated rings. The smallest absolute Gasteiger partial charge is 0.137 e. The van der Waals surface area contributed by atoms with E-state index in [0.717, 1.165) is 12.0 Å². The molecular weight excluding hydrogens is 313 g/mol. The Morgan fingerprint density at radius 1 is 1.33 bits per heavy atom. The number of aryl methyl sites for hydroxylation is 1. The molecule has 0 saturated heterocycles. The number of thiophene rings is 1. The lowest BCUT2D eigenvalue weighted by molar-refractivity contribution is 0.609. The van der Waals surface area contributed by atoms with Crippen molar-refractivity contribution in [3.63, 3.8) is 0 Å². The molecule has 96 valence electrons. The van der Waals surface area contributed by atoms with Crippen molar-refractivity contribution in [1.29, 1.82) is 0 Å². The van der Waals surface area contributed by atoms with Gasteiger partial charge in [-0.2, -0.15) is 0 Å². The highest BCUT2D eigenvalue weighted by Gasteiger charge is 2.18. The molecule has 4 heteroatoms. The van der Waals surface area contributed by atoms with Crippen molar-refractivity contribution in [2.24, 2.45) is 0 Å². The highest BCUT2D eigenvalue weighted by Crippen LogP contribution is 2.33. The predicted octanol–water partition coefficient (Wildman–Crippen LogP) is 4.52. The van der Waals surface area contributed by atoms with Crippen molar-refractivity contribution >= 4 is 27.3 Å². The molecule has 1 N–H and O–H groups in total. The number of hydrogen-bond acceptors (Lipinski definition) is 2. The predicted molar refractivity (Wildman–Crippen MR) is 78.7 cm³/mol. The van der Waals surface area contributed by atoms with Crippen LogP contribution in [0.15, 0.2) is 34.8 Å². The van der Waals surface area contributed by atoms with Crippen molar-refractivity contribution in [3.8, 4) is 0 Å². The summed E-state index contributed by atoms with van der Waals surface area (Å²) >= 11 is 5.10. The monoisotopic (exact) mass is 327 g/mol. The average Bonchev–Trinajstić information content (AvgIpc) is 2.84. The molecule has 1 aromatic carbocycles. The van der Waals surface area contributed by atoms with Crippen LogP contribution in [-0.4, -0.2) is 7.05 Å². The molecular formula is C14H15BrFNS. The van der Waals surface area contributed by atoms with E-state index in [4.69, 9.17) is 0 Å². The van der Waals surface area contributed by atoms with Gasteiger partial charge in [0.25, 0.3) is 0 Å². The molecule has 1 nitrogen and oxygen atoms in total. The molecule has 0 aliphatic rings. The normalized spacial score (nSPS) is 12.7. The lowest BCUT2D eigenvalue weighted by Crippen LogP contribution is -2.17. The van der Waals surface area contributed by atoms with E-state index in [0.29, 0.717) is 4.47 Å². The molecule has 0 radical (unpaired) electrons. The summed E-state index contributed by atoms with van der Waals surface area (Å²) in [5.74, 6) is -0.222. The summed E-state index contributed by atoms with van der Waals surface area (Å²) in [6.45, 7) is 2.14. The van der Waals surface area contributed by atoms with Crippen LogP contribution in [0.4, 0.5) is 4.39 Å². The van der Waals surface area contributed by atoms with Crippen LogP contribution >= 0.6 is 27.3 Å². The average molecular weight is 328 g/mol. The molecule has 2 aromatic rings. The van der Waals surface area contributed by atoms with Crippen LogP contribution in [0.2, 0.25) is 0 Å². The van der Waals surface area contributed by atoms with Gasteiger partial charge >= 0.3 is 0 Å².